The van der Waals surface area contributed by atoms with Gasteiger partial charge >= 0.3 is 0 Å². The number of para-hydroxylation sites is 1. The molecule has 0 atom stereocenters. The van der Waals surface area contributed by atoms with Crippen LogP contribution in [0.4, 0.5) is 5.69 Å². The molecule has 6 heteroatoms. The lowest BCUT2D eigenvalue weighted by molar-refractivity contribution is -0.115. The van der Waals surface area contributed by atoms with Crippen molar-refractivity contribution in [3.05, 3.63) is 28.2 Å². The van der Waals surface area contributed by atoms with Crippen LogP contribution in [0.1, 0.15) is 12.8 Å². The third-order valence-corrected chi connectivity index (χ3v) is 5.25. The third kappa shape index (κ3) is 4.02. The minimum atomic E-state index is -0.132. The molecule has 1 saturated carbocycles. The van der Waals surface area contributed by atoms with Crippen LogP contribution < -0.4 is 10.6 Å². The summed E-state index contributed by atoms with van der Waals surface area (Å²) >= 11 is 13.8. The molecule has 0 saturated heterocycles. The second-order valence-corrected chi connectivity index (χ2v) is 6.72. The average Bonchev–Trinajstić information content (AvgIpc) is 3.15. The Bertz CT molecular complexity index is 457. The summed E-state index contributed by atoms with van der Waals surface area (Å²) < 4.78 is 0.350. The molecule has 1 aliphatic carbocycles. The van der Waals surface area contributed by atoms with Crippen LogP contribution >= 0.6 is 35.0 Å². The first kappa shape index (κ1) is 15.0. The quantitative estimate of drug-likeness (QED) is 0.844. The molecule has 0 spiro atoms. The van der Waals surface area contributed by atoms with Gasteiger partial charge in [0, 0.05) is 11.3 Å². The molecule has 0 bridgehead atoms. The van der Waals surface area contributed by atoms with E-state index in [2.05, 4.69) is 16.9 Å². The summed E-state index contributed by atoms with van der Waals surface area (Å²) in [5.74, 6) is -0.132. The van der Waals surface area contributed by atoms with Gasteiger partial charge in [0.25, 0.3) is 0 Å². The zero-order chi connectivity index (χ0) is 13.9. The van der Waals surface area contributed by atoms with E-state index in [1.165, 1.54) is 12.8 Å². The Labute approximate surface area is 127 Å². The van der Waals surface area contributed by atoms with Crippen LogP contribution in [-0.2, 0) is 4.79 Å². The maximum Gasteiger partial charge on any atom is 0.238 e. The van der Waals surface area contributed by atoms with Crippen molar-refractivity contribution < 1.29 is 4.79 Å². The zero-order valence-corrected chi connectivity index (χ0v) is 13.0. The molecule has 1 amide bonds. The van der Waals surface area contributed by atoms with Gasteiger partial charge in [-0.2, -0.15) is 11.8 Å². The maximum absolute atomic E-state index is 11.8. The van der Waals surface area contributed by atoms with Crippen LogP contribution in [0, 0.1) is 0 Å². The van der Waals surface area contributed by atoms with Crippen LogP contribution in [0.2, 0.25) is 10.0 Å². The maximum atomic E-state index is 11.8. The van der Waals surface area contributed by atoms with Gasteiger partial charge < -0.3 is 10.6 Å². The number of carbonyl (C=O) groups excluding carboxylic acids is 1. The Morgan fingerprint density at radius 2 is 2.00 bits per heavy atom. The fourth-order valence-corrected chi connectivity index (χ4v) is 3.05. The Kier molecular flexibility index (Phi) is 5.01. The van der Waals surface area contributed by atoms with E-state index < -0.39 is 0 Å². The summed E-state index contributed by atoms with van der Waals surface area (Å²) in [5.41, 5.74) is 0.476. The minimum Gasteiger partial charge on any atom is -0.322 e. The normalized spacial score (nSPS) is 16.2. The predicted molar refractivity (Wildman–Crippen MR) is 83.4 cm³/mol. The first-order valence-electron chi connectivity index (χ1n) is 6.06. The average molecular weight is 319 g/mol. The molecular formula is C13H16Cl2N2OS. The van der Waals surface area contributed by atoms with Gasteiger partial charge in [-0.25, -0.2) is 0 Å². The summed E-state index contributed by atoms with van der Waals surface area (Å²) in [6.07, 6.45) is 4.55. The standard InChI is InChI=1S/C13H16Cl2N2OS/c1-19-13(5-6-13)8-16-7-11(18)17-12-9(14)3-2-4-10(12)15/h2-4,16H,5-8H2,1H3,(H,17,18). The predicted octanol–water partition coefficient (Wildman–Crippen LogP) is 3.42. The molecule has 2 N–H and O–H groups in total. The number of anilines is 1. The first-order chi connectivity index (χ1) is 9.06. The Balaban J connectivity index is 1.81. The Morgan fingerprint density at radius 1 is 1.37 bits per heavy atom. The van der Waals surface area contributed by atoms with Gasteiger partial charge in [-0.05, 0) is 31.2 Å². The fourth-order valence-electron chi connectivity index (χ4n) is 1.80. The molecule has 1 fully saturated rings. The summed E-state index contributed by atoms with van der Waals surface area (Å²) in [7, 11) is 0. The summed E-state index contributed by atoms with van der Waals surface area (Å²) in [6, 6.07) is 5.14. The van der Waals surface area contributed by atoms with Gasteiger partial charge in [0.2, 0.25) is 5.91 Å². The van der Waals surface area contributed by atoms with Crippen molar-refractivity contribution in [2.45, 2.75) is 17.6 Å². The molecule has 0 unspecified atom stereocenters. The Hall–Kier alpha value is -0.420. The Morgan fingerprint density at radius 3 is 2.53 bits per heavy atom. The highest BCUT2D eigenvalue weighted by atomic mass is 35.5. The number of carbonyl (C=O) groups is 1. The van der Waals surface area contributed by atoms with Gasteiger partial charge in [-0.1, -0.05) is 29.3 Å². The second kappa shape index (κ2) is 6.35. The van der Waals surface area contributed by atoms with Gasteiger partial charge in [-0.3, -0.25) is 4.79 Å². The lowest BCUT2D eigenvalue weighted by atomic mass is 10.3. The lowest BCUT2D eigenvalue weighted by Crippen LogP contribution is -2.33. The first-order valence-corrected chi connectivity index (χ1v) is 8.04. The number of hydrogen-bond acceptors (Lipinski definition) is 3. The highest BCUT2D eigenvalue weighted by Crippen LogP contribution is 2.46. The molecular weight excluding hydrogens is 303 g/mol. The van der Waals surface area contributed by atoms with Crippen molar-refractivity contribution in [1.29, 1.82) is 0 Å². The minimum absolute atomic E-state index is 0.132. The molecule has 104 valence electrons. The number of benzene rings is 1. The fraction of sp³-hybridized carbons (Fsp3) is 0.462. The number of amides is 1. The van der Waals surface area contributed by atoms with Crippen molar-refractivity contribution in [2.75, 3.05) is 24.7 Å². The van der Waals surface area contributed by atoms with Gasteiger partial charge in [-0.15, -0.1) is 0 Å². The highest BCUT2D eigenvalue weighted by molar-refractivity contribution is 8.00. The van der Waals surface area contributed by atoms with Crippen LogP contribution in [-0.4, -0.2) is 30.0 Å². The van der Waals surface area contributed by atoms with Gasteiger partial charge in [0.05, 0.1) is 22.3 Å². The largest absolute Gasteiger partial charge is 0.322 e. The molecule has 0 aromatic heterocycles. The number of hydrogen-bond donors (Lipinski definition) is 2. The van der Waals surface area contributed by atoms with E-state index >= 15 is 0 Å². The van der Waals surface area contributed by atoms with E-state index in [4.69, 9.17) is 23.2 Å². The van der Waals surface area contributed by atoms with E-state index in [0.717, 1.165) is 6.54 Å². The van der Waals surface area contributed by atoms with Crippen LogP contribution in [0.3, 0.4) is 0 Å². The summed E-state index contributed by atoms with van der Waals surface area (Å²) in [5, 5.41) is 6.81. The lowest BCUT2D eigenvalue weighted by Gasteiger charge is -2.13. The van der Waals surface area contributed by atoms with Crippen LogP contribution in [0.25, 0.3) is 0 Å². The van der Waals surface area contributed by atoms with Crippen molar-refractivity contribution in [2.24, 2.45) is 0 Å². The monoisotopic (exact) mass is 318 g/mol. The van der Waals surface area contributed by atoms with Gasteiger partial charge in [0.15, 0.2) is 0 Å². The van der Waals surface area contributed by atoms with E-state index in [-0.39, 0.29) is 12.5 Å². The van der Waals surface area contributed by atoms with Crippen molar-refractivity contribution >= 4 is 46.6 Å². The molecule has 0 heterocycles. The van der Waals surface area contributed by atoms with Gasteiger partial charge in [0.1, 0.15) is 0 Å². The molecule has 0 radical (unpaired) electrons. The molecule has 1 aromatic rings. The van der Waals surface area contributed by atoms with Crippen molar-refractivity contribution in [3.63, 3.8) is 0 Å². The molecule has 3 nitrogen and oxygen atoms in total. The van der Waals surface area contributed by atoms with E-state index in [0.29, 0.717) is 20.5 Å². The highest BCUT2D eigenvalue weighted by Gasteiger charge is 2.41. The van der Waals surface area contributed by atoms with E-state index in [1.807, 2.05) is 11.8 Å². The number of nitrogens with one attached hydrogen (secondary N) is 2. The number of thioether (sulfide) groups is 1. The van der Waals surface area contributed by atoms with Crippen LogP contribution in [0.5, 0.6) is 0 Å². The zero-order valence-electron chi connectivity index (χ0n) is 10.6. The van der Waals surface area contributed by atoms with Crippen molar-refractivity contribution in [1.82, 2.24) is 5.32 Å². The van der Waals surface area contributed by atoms with Crippen molar-refractivity contribution in [3.8, 4) is 0 Å². The van der Waals surface area contributed by atoms with E-state index in [9.17, 15) is 4.79 Å². The summed E-state index contributed by atoms with van der Waals surface area (Å²) in [4.78, 5) is 11.8. The smallest absolute Gasteiger partial charge is 0.238 e. The molecule has 1 aliphatic rings. The molecule has 1 aromatic carbocycles. The second-order valence-electron chi connectivity index (χ2n) is 4.64. The summed E-state index contributed by atoms with van der Waals surface area (Å²) in [6.45, 7) is 1.13. The topological polar surface area (TPSA) is 41.1 Å². The SMILES string of the molecule is CSC1(CNCC(=O)Nc2c(Cl)cccc2Cl)CC1. The molecule has 2 rings (SSSR count). The van der Waals surface area contributed by atoms with Crippen LogP contribution in [0.15, 0.2) is 18.2 Å². The molecule has 0 aliphatic heterocycles. The van der Waals surface area contributed by atoms with E-state index in [1.54, 1.807) is 18.2 Å². The molecule has 19 heavy (non-hydrogen) atoms. The third-order valence-electron chi connectivity index (χ3n) is 3.20. The number of halogens is 2. The number of rotatable bonds is 6.